The monoisotopic (exact) mass is 548 g/mol. The molecule has 1 unspecified atom stereocenters. The first-order chi connectivity index (χ1) is 16.7. The minimum atomic E-state index is 0. The van der Waals surface area contributed by atoms with Crippen LogP contribution in [0.25, 0.3) is 11.1 Å². The van der Waals surface area contributed by atoms with E-state index in [4.69, 9.17) is 28.9 Å². The van der Waals surface area contributed by atoms with E-state index in [-0.39, 0.29) is 18.3 Å². The van der Waals surface area contributed by atoms with E-state index in [1.54, 1.807) is 11.1 Å². The molecule has 0 spiro atoms. The van der Waals surface area contributed by atoms with E-state index in [1.807, 2.05) is 32.0 Å². The predicted octanol–water partition coefficient (Wildman–Crippen LogP) is 7.56. The summed E-state index contributed by atoms with van der Waals surface area (Å²) in [6.07, 6.45) is 7.38. The molecule has 5 rings (SSSR count). The van der Waals surface area contributed by atoms with Crippen LogP contribution in [0.5, 0.6) is 0 Å². The highest BCUT2D eigenvalue weighted by atomic mass is 35.5. The summed E-state index contributed by atoms with van der Waals surface area (Å²) in [6.45, 7) is 10.1. The van der Waals surface area contributed by atoms with Gasteiger partial charge in [0.15, 0.2) is 0 Å². The predicted molar refractivity (Wildman–Crippen MR) is 158 cm³/mol. The summed E-state index contributed by atoms with van der Waals surface area (Å²) in [4.78, 5) is 9.50. The number of benzene rings is 2. The molecule has 3 N–H and O–H groups in total. The molecule has 0 fully saturated rings. The number of nitrogens with two attached hydrogens (primary N) is 1. The first-order valence-electron chi connectivity index (χ1n) is 12.6. The highest BCUT2D eigenvalue weighted by Crippen LogP contribution is 2.40. The van der Waals surface area contributed by atoms with Crippen molar-refractivity contribution < 1.29 is 4.79 Å². The van der Waals surface area contributed by atoms with Crippen LogP contribution >= 0.6 is 35.6 Å². The lowest BCUT2D eigenvalue weighted by molar-refractivity contribution is -0.110. The van der Waals surface area contributed by atoms with E-state index in [9.17, 15) is 4.79 Å². The van der Waals surface area contributed by atoms with Crippen molar-refractivity contribution in [3.63, 3.8) is 0 Å². The van der Waals surface area contributed by atoms with Gasteiger partial charge < -0.3 is 15.8 Å². The quantitative estimate of drug-likeness (QED) is 0.387. The van der Waals surface area contributed by atoms with Crippen LogP contribution < -0.4 is 11.1 Å². The summed E-state index contributed by atoms with van der Waals surface area (Å²) < 4.78 is 0. The molecule has 2 aromatic carbocycles. The van der Waals surface area contributed by atoms with Gasteiger partial charge in [-0.3, -0.25) is 0 Å². The van der Waals surface area contributed by atoms with Gasteiger partial charge in [0.2, 0.25) is 0 Å². The molecule has 1 heterocycles. The lowest BCUT2D eigenvalue weighted by atomic mass is 9.88. The number of hydrogen-bond donors (Lipinski definition) is 2. The molecule has 6 heteroatoms. The Kier molecular flexibility index (Phi) is 12.2. The van der Waals surface area contributed by atoms with Crippen molar-refractivity contribution in [1.82, 2.24) is 5.32 Å². The Morgan fingerprint density at radius 3 is 2.22 bits per heavy atom. The molecule has 36 heavy (non-hydrogen) atoms. The molecular formula is C30H39Cl3N2O. The van der Waals surface area contributed by atoms with E-state index >= 15 is 0 Å². The second-order valence-corrected chi connectivity index (χ2v) is 10.9. The average Bonchev–Trinajstić information content (AvgIpc) is 3.40. The van der Waals surface area contributed by atoms with Crippen LogP contribution in [0.3, 0.4) is 0 Å². The van der Waals surface area contributed by atoms with Crippen LogP contribution in [0.15, 0.2) is 48.0 Å². The topological polar surface area (TPSA) is 55.1 Å². The maximum absolute atomic E-state index is 9.50. The molecule has 2 aromatic rings. The van der Waals surface area contributed by atoms with Gasteiger partial charge in [-0.1, -0.05) is 69.1 Å². The fourth-order valence-electron chi connectivity index (χ4n) is 4.97. The lowest BCUT2D eigenvalue weighted by Crippen LogP contribution is -2.39. The third kappa shape index (κ3) is 7.69. The fourth-order valence-corrected chi connectivity index (χ4v) is 5.36. The molecule has 3 aliphatic rings. The van der Waals surface area contributed by atoms with E-state index in [1.165, 1.54) is 27.8 Å². The Morgan fingerprint density at radius 1 is 1.03 bits per heavy atom. The maximum atomic E-state index is 9.50. The zero-order valence-corrected chi connectivity index (χ0v) is 24.1. The summed E-state index contributed by atoms with van der Waals surface area (Å²) >= 11 is 12.0. The van der Waals surface area contributed by atoms with Crippen LogP contribution in [-0.4, -0.2) is 25.4 Å². The average molecular weight is 550 g/mol. The van der Waals surface area contributed by atoms with Crippen molar-refractivity contribution in [3.8, 4) is 0 Å². The standard InChI is InChI=1S/C15H18ClN.C11H12ClN.C4H8O.ClH/c1-9(2)15-14-8-10-7-11(16)3-4-12(10)13(14)5-6-17-15;12-10-3-4-11-8(5-6-13)1-2-9(11)7-10;1-4(2)3-5;/h3-4,7,9,15,17H,5-6,8H2,1-2H3;1,3-4,7H,2,5-6,13H2;3-4H,1-2H3;1H. The number of fused-ring (bicyclic) bond motifs is 3. The lowest BCUT2D eigenvalue weighted by Gasteiger charge is -2.29. The number of allylic oxidation sites excluding steroid dienone is 1. The molecule has 3 nitrogen and oxygen atoms in total. The van der Waals surface area contributed by atoms with Gasteiger partial charge >= 0.3 is 0 Å². The molecule has 0 amide bonds. The second-order valence-electron chi connectivity index (χ2n) is 10.1. The van der Waals surface area contributed by atoms with Crippen molar-refractivity contribution in [1.29, 1.82) is 0 Å². The highest BCUT2D eigenvalue weighted by Gasteiger charge is 2.31. The van der Waals surface area contributed by atoms with E-state index < -0.39 is 0 Å². The van der Waals surface area contributed by atoms with Crippen molar-refractivity contribution in [2.24, 2.45) is 17.6 Å². The van der Waals surface area contributed by atoms with Crippen LogP contribution in [0, 0.1) is 11.8 Å². The first kappa shape index (κ1) is 30.6. The fraction of sp³-hybridized carbons (Fsp3) is 0.433. The van der Waals surface area contributed by atoms with E-state index in [0.29, 0.717) is 18.5 Å². The smallest absolute Gasteiger partial charge is 0.122 e. The second kappa shape index (κ2) is 14.4. The molecule has 2 aliphatic carbocycles. The van der Waals surface area contributed by atoms with Crippen molar-refractivity contribution in [3.05, 3.63) is 80.3 Å². The Morgan fingerprint density at radius 2 is 1.64 bits per heavy atom. The van der Waals surface area contributed by atoms with Crippen molar-refractivity contribution in [2.75, 3.05) is 13.1 Å². The van der Waals surface area contributed by atoms with Gasteiger partial charge in [0, 0.05) is 22.0 Å². The zero-order valence-electron chi connectivity index (χ0n) is 21.7. The molecule has 1 aliphatic heterocycles. The van der Waals surface area contributed by atoms with Gasteiger partial charge in [0.25, 0.3) is 0 Å². The van der Waals surface area contributed by atoms with Crippen LogP contribution in [0.2, 0.25) is 10.0 Å². The van der Waals surface area contributed by atoms with E-state index in [2.05, 4.69) is 43.4 Å². The van der Waals surface area contributed by atoms with Gasteiger partial charge in [0.1, 0.15) is 6.29 Å². The van der Waals surface area contributed by atoms with E-state index in [0.717, 1.165) is 48.6 Å². The SMILES string of the molecule is CC(C)C1NCCC2=C1Cc1cc(Cl)ccc12.CC(C)C=O.Cl.NCCC1=CCc2cc(Cl)ccc21. The number of rotatable bonds is 4. The third-order valence-electron chi connectivity index (χ3n) is 6.61. The van der Waals surface area contributed by atoms with Gasteiger partial charge in [-0.25, -0.2) is 0 Å². The highest BCUT2D eigenvalue weighted by molar-refractivity contribution is 6.31. The third-order valence-corrected chi connectivity index (χ3v) is 7.08. The van der Waals surface area contributed by atoms with Crippen LogP contribution in [0.1, 0.15) is 62.8 Å². The first-order valence-corrected chi connectivity index (χ1v) is 13.4. The van der Waals surface area contributed by atoms with Crippen LogP contribution in [0.4, 0.5) is 0 Å². The Labute approximate surface area is 232 Å². The summed E-state index contributed by atoms with van der Waals surface area (Å²) in [5.74, 6) is 0.861. The maximum Gasteiger partial charge on any atom is 0.122 e. The van der Waals surface area contributed by atoms with Crippen molar-refractivity contribution >= 4 is 53.0 Å². The molecule has 0 radical (unpaired) electrons. The number of hydrogen-bond acceptors (Lipinski definition) is 3. The van der Waals surface area contributed by atoms with Gasteiger partial charge in [-0.2, -0.15) is 0 Å². The summed E-state index contributed by atoms with van der Waals surface area (Å²) in [5.41, 5.74) is 15.6. The van der Waals surface area contributed by atoms with Gasteiger partial charge in [0.05, 0.1) is 0 Å². The minimum absolute atomic E-state index is 0. The van der Waals surface area contributed by atoms with Crippen LogP contribution in [-0.2, 0) is 17.6 Å². The van der Waals surface area contributed by atoms with Gasteiger partial charge in [-0.15, -0.1) is 12.4 Å². The number of aldehydes is 1. The summed E-state index contributed by atoms with van der Waals surface area (Å²) in [5, 5.41) is 5.33. The summed E-state index contributed by atoms with van der Waals surface area (Å²) in [6, 6.07) is 13.0. The Bertz CT molecular complexity index is 1110. The molecule has 0 aromatic heterocycles. The Balaban J connectivity index is 0.000000214. The minimum Gasteiger partial charge on any atom is -0.330 e. The number of carbonyl (C=O) groups excluding carboxylic acids is 1. The Hall–Kier alpha value is -1.62. The number of halogens is 3. The molecule has 0 saturated carbocycles. The molecule has 1 atom stereocenters. The molecular weight excluding hydrogens is 511 g/mol. The normalized spacial score (nSPS) is 17.1. The number of nitrogens with one attached hydrogen (secondary N) is 1. The summed E-state index contributed by atoms with van der Waals surface area (Å²) in [7, 11) is 0. The zero-order chi connectivity index (χ0) is 25.5. The molecule has 0 bridgehead atoms. The van der Waals surface area contributed by atoms with Gasteiger partial charge in [-0.05, 0) is 108 Å². The number of carbonyl (C=O) groups is 1. The molecule has 196 valence electrons. The van der Waals surface area contributed by atoms with Crippen molar-refractivity contribution in [2.45, 2.75) is 59.4 Å². The largest absolute Gasteiger partial charge is 0.330 e. The molecule has 0 saturated heterocycles.